The van der Waals surface area contributed by atoms with Crippen LogP contribution >= 0.6 is 0 Å². The van der Waals surface area contributed by atoms with Crippen LogP contribution in [0.25, 0.3) is 11.5 Å². The average molecular weight is 353 g/mol. The molecule has 3 rings (SSSR count). The van der Waals surface area contributed by atoms with Crippen molar-refractivity contribution in [2.45, 2.75) is 20.0 Å². The first-order valence-corrected chi connectivity index (χ1v) is 7.80. The van der Waals surface area contributed by atoms with Crippen molar-refractivity contribution in [2.75, 3.05) is 0 Å². The van der Waals surface area contributed by atoms with E-state index in [2.05, 4.69) is 10.2 Å². The highest BCUT2D eigenvalue weighted by Crippen LogP contribution is 2.24. The number of nitro benzene ring substituents is 1. The molecule has 132 valence electrons. The monoisotopic (exact) mass is 353 g/mol. The molecule has 0 aliphatic rings. The van der Waals surface area contributed by atoms with Gasteiger partial charge in [0.15, 0.2) is 6.10 Å². The molecule has 0 radical (unpaired) electrons. The van der Waals surface area contributed by atoms with E-state index in [1.807, 2.05) is 30.3 Å². The highest BCUT2D eigenvalue weighted by Gasteiger charge is 2.21. The number of hydrogen-bond acceptors (Lipinski definition) is 7. The third kappa shape index (κ3) is 3.59. The molecule has 0 saturated heterocycles. The van der Waals surface area contributed by atoms with E-state index in [0.717, 1.165) is 5.56 Å². The number of carbonyl (C=O) groups excluding carboxylic acids is 1. The van der Waals surface area contributed by atoms with Crippen LogP contribution in [-0.4, -0.2) is 21.1 Å². The maximum absolute atomic E-state index is 12.3. The minimum Gasteiger partial charge on any atom is -0.449 e. The predicted molar refractivity (Wildman–Crippen MR) is 91.4 cm³/mol. The number of carbonyl (C=O) groups is 1. The fourth-order valence-corrected chi connectivity index (χ4v) is 2.36. The number of nitro groups is 1. The lowest BCUT2D eigenvalue weighted by molar-refractivity contribution is -0.385. The quantitative estimate of drug-likeness (QED) is 0.389. The number of aryl methyl sites for hydroxylation is 1. The van der Waals surface area contributed by atoms with Crippen molar-refractivity contribution in [3.63, 3.8) is 0 Å². The maximum Gasteiger partial charge on any atom is 0.338 e. The van der Waals surface area contributed by atoms with Gasteiger partial charge in [-0.05, 0) is 38.1 Å². The van der Waals surface area contributed by atoms with Gasteiger partial charge >= 0.3 is 5.97 Å². The number of ether oxygens (including phenoxy) is 1. The predicted octanol–water partition coefficient (Wildman–Crippen LogP) is 3.87. The van der Waals surface area contributed by atoms with Crippen LogP contribution in [0, 0.1) is 17.0 Å². The van der Waals surface area contributed by atoms with Crippen LogP contribution in [0.5, 0.6) is 0 Å². The van der Waals surface area contributed by atoms with E-state index in [4.69, 9.17) is 9.15 Å². The van der Waals surface area contributed by atoms with Crippen molar-refractivity contribution in [3.8, 4) is 11.5 Å². The number of aromatic nitrogens is 2. The highest BCUT2D eigenvalue weighted by molar-refractivity contribution is 5.90. The number of rotatable bonds is 5. The van der Waals surface area contributed by atoms with Crippen molar-refractivity contribution in [2.24, 2.45) is 0 Å². The largest absolute Gasteiger partial charge is 0.449 e. The number of benzene rings is 2. The fourth-order valence-electron chi connectivity index (χ4n) is 2.36. The number of esters is 1. The lowest BCUT2D eigenvalue weighted by Crippen LogP contribution is -2.10. The Labute approximate surface area is 148 Å². The smallest absolute Gasteiger partial charge is 0.338 e. The molecule has 1 heterocycles. The molecule has 2 aromatic carbocycles. The van der Waals surface area contributed by atoms with Crippen LogP contribution < -0.4 is 0 Å². The molecule has 3 aromatic rings. The van der Waals surface area contributed by atoms with Gasteiger partial charge in [0.05, 0.1) is 10.5 Å². The lowest BCUT2D eigenvalue weighted by atomic mass is 10.1. The molecule has 0 N–H and O–H groups in total. The van der Waals surface area contributed by atoms with Crippen molar-refractivity contribution < 1.29 is 18.9 Å². The second-order valence-corrected chi connectivity index (χ2v) is 5.62. The molecule has 0 unspecified atom stereocenters. The van der Waals surface area contributed by atoms with Crippen LogP contribution in [0.1, 0.15) is 34.8 Å². The lowest BCUT2D eigenvalue weighted by Gasteiger charge is -2.09. The molecular formula is C18H15N3O5. The Morgan fingerprint density at radius 2 is 1.92 bits per heavy atom. The minimum absolute atomic E-state index is 0.0565. The van der Waals surface area contributed by atoms with Crippen molar-refractivity contribution in [3.05, 3.63) is 75.7 Å². The Morgan fingerprint density at radius 3 is 2.58 bits per heavy atom. The van der Waals surface area contributed by atoms with E-state index in [0.29, 0.717) is 11.5 Å². The van der Waals surface area contributed by atoms with E-state index in [-0.39, 0.29) is 17.1 Å². The van der Waals surface area contributed by atoms with Gasteiger partial charge in [-0.15, -0.1) is 10.2 Å². The van der Waals surface area contributed by atoms with Crippen LogP contribution in [0.2, 0.25) is 0 Å². The zero-order valence-electron chi connectivity index (χ0n) is 14.1. The Bertz CT molecular complexity index is 952. The third-order valence-electron chi connectivity index (χ3n) is 3.72. The molecule has 0 spiro atoms. The summed E-state index contributed by atoms with van der Waals surface area (Å²) in [7, 11) is 0. The highest BCUT2D eigenvalue weighted by atomic mass is 16.6. The van der Waals surface area contributed by atoms with Gasteiger partial charge in [-0.2, -0.15) is 0 Å². The standard InChI is InChI=1S/C18H15N3O5/c1-11-10-14(8-9-15(11)21(23)24)18(22)25-12(2)16-19-20-17(26-16)13-6-4-3-5-7-13/h3-10,12H,1-2H3/t12-/m1/s1. The van der Waals surface area contributed by atoms with E-state index in [1.54, 1.807) is 13.8 Å². The van der Waals surface area contributed by atoms with Crippen LogP contribution in [-0.2, 0) is 4.74 Å². The summed E-state index contributed by atoms with van der Waals surface area (Å²) in [6.45, 7) is 3.17. The molecule has 1 atom stereocenters. The molecule has 26 heavy (non-hydrogen) atoms. The first-order chi connectivity index (χ1) is 12.5. The summed E-state index contributed by atoms with van der Waals surface area (Å²) in [5.74, 6) is -0.138. The van der Waals surface area contributed by atoms with Gasteiger partial charge in [0, 0.05) is 17.2 Å². The number of nitrogens with zero attached hydrogens (tertiary/aromatic N) is 3. The first kappa shape index (κ1) is 17.3. The molecule has 0 aliphatic heterocycles. The van der Waals surface area contributed by atoms with Crippen molar-refractivity contribution >= 4 is 11.7 Å². The second-order valence-electron chi connectivity index (χ2n) is 5.62. The van der Waals surface area contributed by atoms with Gasteiger partial charge in [0.1, 0.15) is 0 Å². The minimum atomic E-state index is -0.761. The molecular weight excluding hydrogens is 338 g/mol. The van der Waals surface area contributed by atoms with Gasteiger partial charge in [-0.1, -0.05) is 18.2 Å². The summed E-state index contributed by atoms with van der Waals surface area (Å²) in [6, 6.07) is 13.3. The molecule has 1 aromatic heterocycles. The van der Waals surface area contributed by atoms with Gasteiger partial charge in [0.2, 0.25) is 5.89 Å². The van der Waals surface area contributed by atoms with Crippen LogP contribution in [0.4, 0.5) is 5.69 Å². The molecule has 8 heteroatoms. The molecule has 8 nitrogen and oxygen atoms in total. The molecule has 0 aliphatic carbocycles. The van der Waals surface area contributed by atoms with E-state index >= 15 is 0 Å². The Kier molecular flexibility index (Phi) is 4.74. The maximum atomic E-state index is 12.3. The van der Waals surface area contributed by atoms with E-state index in [9.17, 15) is 14.9 Å². The summed E-state index contributed by atoms with van der Waals surface area (Å²) in [5, 5.41) is 18.7. The SMILES string of the molecule is Cc1cc(C(=O)O[C@H](C)c2nnc(-c3ccccc3)o2)ccc1[N+](=O)[O-]. The molecule has 0 fully saturated rings. The Morgan fingerprint density at radius 1 is 1.19 bits per heavy atom. The van der Waals surface area contributed by atoms with Crippen molar-refractivity contribution in [1.29, 1.82) is 0 Å². The summed E-state index contributed by atoms with van der Waals surface area (Å²) in [6.07, 6.45) is -0.761. The van der Waals surface area contributed by atoms with Crippen LogP contribution in [0.15, 0.2) is 52.9 Å². The zero-order valence-corrected chi connectivity index (χ0v) is 14.1. The molecule has 0 saturated carbocycles. The van der Waals surface area contributed by atoms with Gasteiger partial charge in [-0.25, -0.2) is 4.79 Å². The average Bonchev–Trinajstić information content (AvgIpc) is 3.12. The van der Waals surface area contributed by atoms with Gasteiger partial charge < -0.3 is 9.15 Å². The van der Waals surface area contributed by atoms with E-state index in [1.165, 1.54) is 18.2 Å². The Balaban J connectivity index is 1.73. The number of hydrogen-bond donors (Lipinski definition) is 0. The summed E-state index contributed by atoms with van der Waals surface area (Å²) < 4.78 is 10.9. The summed E-state index contributed by atoms with van der Waals surface area (Å²) >= 11 is 0. The summed E-state index contributed by atoms with van der Waals surface area (Å²) in [5.41, 5.74) is 1.29. The third-order valence-corrected chi connectivity index (χ3v) is 3.72. The molecule has 0 amide bonds. The van der Waals surface area contributed by atoms with E-state index < -0.39 is 17.0 Å². The Hall–Kier alpha value is -3.55. The topological polar surface area (TPSA) is 108 Å². The normalized spacial score (nSPS) is 11.8. The fraction of sp³-hybridized carbons (Fsp3) is 0.167. The van der Waals surface area contributed by atoms with Crippen LogP contribution in [0.3, 0.4) is 0 Å². The first-order valence-electron chi connectivity index (χ1n) is 7.80. The molecule has 0 bridgehead atoms. The summed E-state index contributed by atoms with van der Waals surface area (Å²) in [4.78, 5) is 22.6. The van der Waals surface area contributed by atoms with Gasteiger partial charge in [-0.3, -0.25) is 10.1 Å². The second kappa shape index (κ2) is 7.14. The zero-order chi connectivity index (χ0) is 18.7. The van der Waals surface area contributed by atoms with Gasteiger partial charge in [0.25, 0.3) is 11.6 Å². The van der Waals surface area contributed by atoms with Crippen molar-refractivity contribution in [1.82, 2.24) is 10.2 Å².